The molecule has 1 aliphatic rings. The molecule has 0 fully saturated rings. The summed E-state index contributed by atoms with van der Waals surface area (Å²) in [6.45, 7) is 1.92. The third kappa shape index (κ3) is 5.30. The second-order valence-corrected chi connectivity index (χ2v) is 6.23. The number of carbonyl (C=O) groups excluding carboxylic acids is 2. The number of nitrogen functional groups attached to an aromatic ring is 1. The largest absolute Gasteiger partial charge is 0.449 e. The van der Waals surface area contributed by atoms with Crippen molar-refractivity contribution in [1.82, 2.24) is 5.32 Å². The maximum absolute atomic E-state index is 12.2. The summed E-state index contributed by atoms with van der Waals surface area (Å²) in [6, 6.07) is 3.50. The van der Waals surface area contributed by atoms with Gasteiger partial charge in [-0.3, -0.25) is 14.9 Å². The number of nitrogens with two attached hydrogens (primary N) is 1. The van der Waals surface area contributed by atoms with Crippen LogP contribution in [-0.2, 0) is 9.53 Å². The average molecular weight is 361 g/mol. The smallest absolute Gasteiger partial charge is 0.341 e. The summed E-state index contributed by atoms with van der Waals surface area (Å²) < 4.78 is 5.09. The maximum Gasteiger partial charge on any atom is 0.341 e. The monoisotopic (exact) mass is 361 g/mol. The summed E-state index contributed by atoms with van der Waals surface area (Å²) in [7, 11) is 0. The fourth-order valence-electron chi connectivity index (χ4n) is 2.73. The van der Waals surface area contributed by atoms with E-state index in [0.717, 1.165) is 25.3 Å². The van der Waals surface area contributed by atoms with E-state index in [9.17, 15) is 19.7 Å². The van der Waals surface area contributed by atoms with Gasteiger partial charge in [0.1, 0.15) is 0 Å². The highest BCUT2D eigenvalue weighted by Crippen LogP contribution is 2.21. The molecule has 0 spiro atoms. The van der Waals surface area contributed by atoms with E-state index >= 15 is 0 Å². The fraction of sp³-hybridized carbons (Fsp3) is 0.444. The van der Waals surface area contributed by atoms with Crippen molar-refractivity contribution in [3.63, 3.8) is 0 Å². The first-order chi connectivity index (χ1) is 12.4. The topological polar surface area (TPSA) is 125 Å². The highest BCUT2D eigenvalue weighted by Gasteiger charge is 2.22. The van der Waals surface area contributed by atoms with E-state index in [1.54, 1.807) is 0 Å². The van der Waals surface area contributed by atoms with Crippen molar-refractivity contribution in [2.45, 2.75) is 45.1 Å². The lowest BCUT2D eigenvalue weighted by molar-refractivity contribution is -0.384. The molecule has 0 bridgehead atoms. The molecule has 1 aromatic carbocycles. The first-order valence-corrected chi connectivity index (χ1v) is 8.59. The molecule has 0 saturated heterocycles. The van der Waals surface area contributed by atoms with Crippen LogP contribution in [0.1, 0.15) is 49.4 Å². The molecular formula is C18H23N3O5. The van der Waals surface area contributed by atoms with E-state index in [1.165, 1.54) is 37.5 Å². The zero-order chi connectivity index (χ0) is 19.1. The van der Waals surface area contributed by atoms with E-state index in [2.05, 4.69) is 11.4 Å². The van der Waals surface area contributed by atoms with Crippen molar-refractivity contribution in [1.29, 1.82) is 0 Å². The minimum absolute atomic E-state index is 0.0532. The molecule has 0 saturated carbocycles. The van der Waals surface area contributed by atoms with Crippen LogP contribution < -0.4 is 11.1 Å². The number of anilines is 1. The molecule has 140 valence electrons. The van der Waals surface area contributed by atoms with Crippen LogP contribution in [0.2, 0.25) is 0 Å². The Labute approximate surface area is 151 Å². The molecular weight excluding hydrogens is 338 g/mol. The normalized spacial score (nSPS) is 14.9. The van der Waals surface area contributed by atoms with Crippen LogP contribution in [-0.4, -0.2) is 29.4 Å². The molecule has 8 nitrogen and oxygen atoms in total. The number of ether oxygens (including phenoxy) is 1. The molecule has 2 rings (SSSR count). The molecule has 1 aromatic rings. The van der Waals surface area contributed by atoms with Gasteiger partial charge in [-0.2, -0.15) is 0 Å². The first-order valence-electron chi connectivity index (χ1n) is 8.59. The van der Waals surface area contributed by atoms with Gasteiger partial charge in [-0.15, -0.1) is 0 Å². The fourth-order valence-corrected chi connectivity index (χ4v) is 2.73. The maximum atomic E-state index is 12.2. The summed E-state index contributed by atoms with van der Waals surface area (Å²) in [5.41, 5.74) is 6.66. The second-order valence-electron chi connectivity index (χ2n) is 6.23. The van der Waals surface area contributed by atoms with Gasteiger partial charge in [-0.25, -0.2) is 4.79 Å². The van der Waals surface area contributed by atoms with Crippen LogP contribution in [0.3, 0.4) is 0 Å². The zero-order valence-electron chi connectivity index (χ0n) is 14.7. The van der Waals surface area contributed by atoms with E-state index in [0.29, 0.717) is 6.54 Å². The van der Waals surface area contributed by atoms with Crippen molar-refractivity contribution in [2.75, 3.05) is 12.3 Å². The van der Waals surface area contributed by atoms with E-state index in [1.807, 2.05) is 0 Å². The molecule has 0 aliphatic heterocycles. The molecule has 8 heteroatoms. The Balaban J connectivity index is 1.87. The lowest BCUT2D eigenvalue weighted by atomic mass is 9.97. The summed E-state index contributed by atoms with van der Waals surface area (Å²) in [5, 5.41) is 13.5. The Bertz CT molecular complexity index is 730. The van der Waals surface area contributed by atoms with Crippen LogP contribution in [0.25, 0.3) is 0 Å². The van der Waals surface area contributed by atoms with Gasteiger partial charge in [-0.1, -0.05) is 11.6 Å². The number of non-ortho nitro benzene ring substituents is 1. The molecule has 1 amide bonds. The van der Waals surface area contributed by atoms with E-state index in [4.69, 9.17) is 10.5 Å². The molecule has 0 radical (unpaired) electrons. The number of nitrogens with zero attached hydrogens (tertiary/aromatic N) is 1. The third-order valence-electron chi connectivity index (χ3n) is 4.25. The molecule has 3 N–H and O–H groups in total. The Morgan fingerprint density at radius 2 is 2.15 bits per heavy atom. The second kappa shape index (κ2) is 8.98. The lowest BCUT2D eigenvalue weighted by Gasteiger charge is -2.16. The molecule has 0 aromatic heterocycles. The van der Waals surface area contributed by atoms with Crippen molar-refractivity contribution in [3.05, 3.63) is 45.5 Å². The Kier molecular flexibility index (Phi) is 6.71. The van der Waals surface area contributed by atoms with Crippen molar-refractivity contribution in [3.8, 4) is 0 Å². The Morgan fingerprint density at radius 1 is 1.38 bits per heavy atom. The van der Waals surface area contributed by atoms with Gasteiger partial charge in [0.15, 0.2) is 6.10 Å². The number of nitro groups is 1. The van der Waals surface area contributed by atoms with Crippen molar-refractivity contribution in [2.24, 2.45) is 0 Å². The highest BCUT2D eigenvalue weighted by molar-refractivity contribution is 5.97. The van der Waals surface area contributed by atoms with E-state index in [-0.39, 0.29) is 16.9 Å². The zero-order valence-corrected chi connectivity index (χ0v) is 14.7. The number of amides is 1. The molecule has 1 aliphatic carbocycles. The van der Waals surface area contributed by atoms with Gasteiger partial charge in [0.05, 0.1) is 10.5 Å². The standard InChI is InChI=1S/C18H23N3O5/c1-12(17(22)20-10-9-13-5-3-2-4-6-13)26-18(23)15-11-14(21(24)25)7-8-16(15)19/h5,7-8,11-12H,2-4,6,9-10,19H2,1H3,(H,20,22)/t12-/m1/s1. The number of allylic oxidation sites excluding steroid dienone is 1. The number of benzene rings is 1. The van der Waals surface area contributed by atoms with Crippen molar-refractivity contribution < 1.29 is 19.2 Å². The van der Waals surface area contributed by atoms with Crippen LogP contribution >= 0.6 is 0 Å². The number of nitro benzene ring substituents is 1. The summed E-state index contributed by atoms with van der Waals surface area (Å²) in [5.74, 6) is -1.29. The summed E-state index contributed by atoms with van der Waals surface area (Å²) in [6.07, 6.45) is 6.51. The van der Waals surface area contributed by atoms with Crippen LogP contribution in [0.4, 0.5) is 11.4 Å². The average Bonchev–Trinajstić information content (AvgIpc) is 2.62. The first kappa shape index (κ1) is 19.4. The van der Waals surface area contributed by atoms with E-state index < -0.39 is 22.9 Å². The van der Waals surface area contributed by atoms with Gasteiger partial charge in [0.25, 0.3) is 11.6 Å². The number of hydrogen-bond acceptors (Lipinski definition) is 6. The van der Waals surface area contributed by atoms with Gasteiger partial charge in [0, 0.05) is 24.4 Å². The van der Waals surface area contributed by atoms with Gasteiger partial charge >= 0.3 is 5.97 Å². The summed E-state index contributed by atoms with van der Waals surface area (Å²) in [4.78, 5) is 34.4. The van der Waals surface area contributed by atoms with Gasteiger partial charge < -0.3 is 15.8 Å². The Morgan fingerprint density at radius 3 is 2.81 bits per heavy atom. The minimum Gasteiger partial charge on any atom is -0.449 e. The molecule has 1 atom stereocenters. The van der Waals surface area contributed by atoms with Crippen molar-refractivity contribution >= 4 is 23.3 Å². The minimum atomic E-state index is -1.03. The number of hydrogen-bond donors (Lipinski definition) is 2. The van der Waals surface area contributed by atoms with Crippen LogP contribution in [0, 0.1) is 10.1 Å². The van der Waals surface area contributed by atoms with Gasteiger partial charge in [0.2, 0.25) is 0 Å². The predicted molar refractivity (Wildman–Crippen MR) is 96.6 cm³/mol. The third-order valence-corrected chi connectivity index (χ3v) is 4.25. The van der Waals surface area contributed by atoms with Crippen LogP contribution in [0.15, 0.2) is 29.8 Å². The highest BCUT2D eigenvalue weighted by atomic mass is 16.6. The predicted octanol–water partition coefficient (Wildman–Crippen LogP) is 2.73. The molecule has 0 unspecified atom stereocenters. The summed E-state index contributed by atoms with van der Waals surface area (Å²) >= 11 is 0. The van der Waals surface area contributed by atoms with Gasteiger partial charge in [-0.05, 0) is 45.1 Å². The Hall–Kier alpha value is -2.90. The number of esters is 1. The number of rotatable bonds is 7. The lowest BCUT2D eigenvalue weighted by Crippen LogP contribution is -2.36. The number of nitrogens with one attached hydrogen (secondary N) is 1. The molecule has 26 heavy (non-hydrogen) atoms. The number of carbonyl (C=O) groups is 2. The van der Waals surface area contributed by atoms with Crippen LogP contribution in [0.5, 0.6) is 0 Å². The SMILES string of the molecule is C[C@@H](OC(=O)c1cc([N+](=O)[O-])ccc1N)C(=O)NCCC1=CCCCC1. The quantitative estimate of drug-likeness (QED) is 0.253. The molecule has 0 heterocycles.